The second-order valence-corrected chi connectivity index (χ2v) is 8.17. The minimum absolute atomic E-state index is 0.00152. The first-order chi connectivity index (χ1) is 14.3. The average molecular weight is 418 g/mol. The molecular formula is C22H21F3N2O3. The van der Waals surface area contributed by atoms with E-state index in [1.54, 1.807) is 24.3 Å². The molecule has 1 aliphatic carbocycles. The monoisotopic (exact) mass is 418 g/mol. The minimum Gasteiger partial charge on any atom is -0.508 e. The van der Waals surface area contributed by atoms with Gasteiger partial charge in [-0.15, -0.1) is 13.2 Å². The number of benzene rings is 2. The molecule has 1 fully saturated rings. The van der Waals surface area contributed by atoms with Gasteiger partial charge in [-0.1, -0.05) is 23.4 Å². The van der Waals surface area contributed by atoms with Gasteiger partial charge < -0.3 is 14.7 Å². The van der Waals surface area contributed by atoms with Crippen molar-refractivity contribution in [3.8, 4) is 11.5 Å². The smallest absolute Gasteiger partial charge is 0.508 e. The van der Waals surface area contributed by atoms with Crippen molar-refractivity contribution in [1.29, 1.82) is 0 Å². The number of phenols is 1. The van der Waals surface area contributed by atoms with Gasteiger partial charge in [-0.2, -0.15) is 0 Å². The van der Waals surface area contributed by atoms with Crippen molar-refractivity contribution in [2.45, 2.75) is 50.9 Å². The van der Waals surface area contributed by atoms with Gasteiger partial charge in [0, 0.05) is 12.6 Å². The van der Waals surface area contributed by atoms with E-state index in [2.05, 4.69) is 14.8 Å². The molecule has 30 heavy (non-hydrogen) atoms. The van der Waals surface area contributed by atoms with Crippen molar-refractivity contribution in [2.75, 3.05) is 0 Å². The van der Waals surface area contributed by atoms with Crippen LogP contribution in [-0.4, -0.2) is 28.3 Å². The highest BCUT2D eigenvalue weighted by molar-refractivity contribution is 5.90. The first-order valence-electron chi connectivity index (χ1n) is 9.94. The van der Waals surface area contributed by atoms with Crippen LogP contribution in [0.1, 0.15) is 48.4 Å². The lowest BCUT2D eigenvalue weighted by Crippen LogP contribution is -2.47. The van der Waals surface area contributed by atoms with Crippen molar-refractivity contribution in [1.82, 2.24) is 4.90 Å². The van der Waals surface area contributed by atoms with E-state index in [-0.39, 0.29) is 29.7 Å². The molecule has 3 atom stereocenters. The summed E-state index contributed by atoms with van der Waals surface area (Å²) in [7, 11) is 0. The molecule has 2 aromatic carbocycles. The topological polar surface area (TPSA) is 54.3 Å². The van der Waals surface area contributed by atoms with Crippen LogP contribution in [0.3, 0.4) is 0 Å². The van der Waals surface area contributed by atoms with E-state index in [0.717, 1.165) is 29.7 Å². The summed E-state index contributed by atoms with van der Waals surface area (Å²) in [4.78, 5) is 7.96. The lowest BCUT2D eigenvalue weighted by Gasteiger charge is -2.43. The standard InChI is InChI=1S/C22H21F3N2O3/c1-12-19-17-8-7-15(28)10-18(17)20(14-5-6-14)27(21(19)30-26-12)11-13-3-2-4-16(9-13)29-22(23,24)25/h2-4,7-10,14,19-21,28H,5-6,11H2,1H3/t19-,20-,21-/m1/s1. The van der Waals surface area contributed by atoms with Crippen molar-refractivity contribution < 1.29 is 27.9 Å². The van der Waals surface area contributed by atoms with E-state index in [1.807, 2.05) is 13.0 Å². The Kier molecular flexibility index (Phi) is 4.43. The fourth-order valence-corrected chi connectivity index (χ4v) is 4.71. The zero-order valence-corrected chi connectivity index (χ0v) is 16.3. The second-order valence-electron chi connectivity index (χ2n) is 8.17. The van der Waals surface area contributed by atoms with Crippen LogP contribution >= 0.6 is 0 Å². The maximum absolute atomic E-state index is 12.6. The number of alkyl halides is 3. The number of phenolic OH excluding ortho intramolecular Hbond substituents is 1. The molecule has 0 bridgehead atoms. The molecule has 0 saturated heterocycles. The molecule has 158 valence electrons. The summed E-state index contributed by atoms with van der Waals surface area (Å²) < 4.78 is 42.0. The summed E-state index contributed by atoms with van der Waals surface area (Å²) in [6.07, 6.45) is -2.95. The number of oxime groups is 1. The van der Waals surface area contributed by atoms with Gasteiger partial charge in [0.15, 0.2) is 6.23 Å². The molecule has 0 radical (unpaired) electrons. The maximum atomic E-state index is 12.6. The van der Waals surface area contributed by atoms with Crippen LogP contribution in [0.15, 0.2) is 47.6 Å². The minimum atomic E-state index is -4.73. The molecule has 2 heterocycles. The first-order valence-corrected chi connectivity index (χ1v) is 9.94. The maximum Gasteiger partial charge on any atom is 0.573 e. The molecule has 1 saturated carbocycles. The van der Waals surface area contributed by atoms with Crippen LogP contribution in [0.5, 0.6) is 11.5 Å². The Labute approximate surface area is 171 Å². The largest absolute Gasteiger partial charge is 0.573 e. The number of ether oxygens (including phenoxy) is 1. The lowest BCUT2D eigenvalue weighted by molar-refractivity contribution is -0.274. The molecule has 5 nitrogen and oxygen atoms in total. The number of rotatable bonds is 4. The van der Waals surface area contributed by atoms with E-state index in [1.165, 1.54) is 12.1 Å². The number of aromatic hydroxyl groups is 1. The van der Waals surface area contributed by atoms with Crippen molar-refractivity contribution in [2.24, 2.45) is 11.1 Å². The molecule has 2 aromatic rings. The van der Waals surface area contributed by atoms with Gasteiger partial charge in [0.1, 0.15) is 11.5 Å². The van der Waals surface area contributed by atoms with Gasteiger partial charge in [-0.3, -0.25) is 4.90 Å². The Bertz CT molecular complexity index is 1000. The van der Waals surface area contributed by atoms with Crippen LogP contribution in [0.25, 0.3) is 0 Å². The highest BCUT2D eigenvalue weighted by Crippen LogP contribution is 2.54. The van der Waals surface area contributed by atoms with Crippen LogP contribution in [0.2, 0.25) is 0 Å². The number of hydrogen-bond acceptors (Lipinski definition) is 5. The SMILES string of the molecule is CC1=NO[C@@H]2[C@H]1c1ccc(O)cc1[C@@H](C1CC1)N2Cc1cccc(OC(F)(F)F)c1. The van der Waals surface area contributed by atoms with E-state index in [9.17, 15) is 18.3 Å². The number of fused-ring (bicyclic) bond motifs is 3. The van der Waals surface area contributed by atoms with Crippen molar-refractivity contribution in [3.63, 3.8) is 0 Å². The zero-order chi connectivity index (χ0) is 21.0. The Morgan fingerprint density at radius 1 is 1.17 bits per heavy atom. The predicted molar refractivity (Wildman–Crippen MR) is 103 cm³/mol. The van der Waals surface area contributed by atoms with E-state index < -0.39 is 6.36 Å². The fraction of sp³-hybridized carbons (Fsp3) is 0.409. The quantitative estimate of drug-likeness (QED) is 0.753. The van der Waals surface area contributed by atoms with Gasteiger partial charge in [-0.05, 0) is 66.6 Å². The highest BCUT2D eigenvalue weighted by atomic mass is 19.4. The lowest BCUT2D eigenvalue weighted by atomic mass is 9.80. The van der Waals surface area contributed by atoms with Crippen LogP contribution in [0, 0.1) is 5.92 Å². The number of halogens is 3. The molecule has 2 aliphatic heterocycles. The third-order valence-corrected chi connectivity index (χ3v) is 6.01. The van der Waals surface area contributed by atoms with E-state index in [0.29, 0.717) is 18.0 Å². The molecule has 8 heteroatoms. The summed E-state index contributed by atoms with van der Waals surface area (Å²) >= 11 is 0. The van der Waals surface area contributed by atoms with E-state index >= 15 is 0 Å². The van der Waals surface area contributed by atoms with Gasteiger partial charge in [0.25, 0.3) is 0 Å². The second kappa shape index (κ2) is 6.91. The molecule has 0 aromatic heterocycles. The van der Waals surface area contributed by atoms with Gasteiger partial charge in [-0.25, -0.2) is 0 Å². The van der Waals surface area contributed by atoms with Crippen molar-refractivity contribution >= 4 is 5.71 Å². The molecule has 3 aliphatic rings. The van der Waals surface area contributed by atoms with Gasteiger partial charge in [0.05, 0.1) is 11.6 Å². The molecule has 0 spiro atoms. The summed E-state index contributed by atoms with van der Waals surface area (Å²) in [6.45, 7) is 2.30. The third-order valence-electron chi connectivity index (χ3n) is 6.01. The highest BCUT2D eigenvalue weighted by Gasteiger charge is 2.51. The Morgan fingerprint density at radius 2 is 1.97 bits per heavy atom. The molecular weight excluding hydrogens is 397 g/mol. The van der Waals surface area contributed by atoms with Gasteiger partial charge >= 0.3 is 6.36 Å². The van der Waals surface area contributed by atoms with E-state index in [4.69, 9.17) is 4.84 Å². The zero-order valence-electron chi connectivity index (χ0n) is 16.3. The summed E-state index contributed by atoms with van der Waals surface area (Å²) in [5, 5.41) is 14.3. The third kappa shape index (κ3) is 3.49. The van der Waals surface area contributed by atoms with Crippen molar-refractivity contribution in [3.05, 3.63) is 59.2 Å². The summed E-state index contributed by atoms with van der Waals surface area (Å²) in [5.41, 5.74) is 3.68. The summed E-state index contributed by atoms with van der Waals surface area (Å²) in [5.74, 6) is 0.289. The molecule has 0 amide bonds. The van der Waals surface area contributed by atoms with Crippen LogP contribution < -0.4 is 4.74 Å². The molecule has 0 unspecified atom stereocenters. The van der Waals surface area contributed by atoms with Crippen LogP contribution in [0.4, 0.5) is 13.2 Å². The summed E-state index contributed by atoms with van der Waals surface area (Å²) in [6, 6.07) is 11.5. The molecule has 5 rings (SSSR count). The Morgan fingerprint density at radius 3 is 2.70 bits per heavy atom. The van der Waals surface area contributed by atoms with Gasteiger partial charge in [0.2, 0.25) is 0 Å². The first kappa shape index (κ1) is 19.2. The number of hydrogen-bond donors (Lipinski definition) is 1. The molecule has 1 N–H and O–H groups in total. The normalized spacial score (nSPS) is 25.9. The predicted octanol–water partition coefficient (Wildman–Crippen LogP) is 5.07. The van der Waals surface area contributed by atoms with Crippen LogP contribution in [-0.2, 0) is 11.4 Å². The number of nitrogens with zero attached hydrogens (tertiary/aromatic N) is 2. The fourth-order valence-electron chi connectivity index (χ4n) is 4.71. The Balaban J connectivity index is 1.52. The Hall–Kier alpha value is -2.74. The average Bonchev–Trinajstić information content (AvgIpc) is 3.42.